The molecule has 0 fully saturated rings. The zero-order valence-electron chi connectivity index (χ0n) is 7.49. The summed E-state index contributed by atoms with van der Waals surface area (Å²) in [4.78, 5) is 21.8. The summed E-state index contributed by atoms with van der Waals surface area (Å²) in [5.74, 6) is -2.61. The van der Waals surface area contributed by atoms with Gasteiger partial charge in [0.05, 0.1) is 14.2 Å². The largest absolute Gasteiger partial charge is 0.869 e. The highest BCUT2D eigenvalue weighted by atomic mass is 16.5. The number of aromatic amines is 1. The molecule has 0 radical (unpaired) electrons. The Morgan fingerprint density at radius 3 is 2.36 bits per heavy atom. The van der Waals surface area contributed by atoms with Gasteiger partial charge in [-0.25, -0.2) is 9.59 Å². The predicted molar refractivity (Wildman–Crippen MR) is 40.7 cm³/mol. The molecule has 14 heavy (non-hydrogen) atoms. The molecule has 0 amide bonds. The van der Waals surface area contributed by atoms with Crippen LogP contribution >= 0.6 is 0 Å². The average molecular weight is 199 g/mol. The number of methoxy groups -OCH3 is 2. The van der Waals surface area contributed by atoms with Gasteiger partial charge < -0.3 is 14.6 Å². The molecule has 1 heterocycles. The molecule has 0 aliphatic heterocycles. The molecule has 1 aromatic rings. The summed E-state index contributed by atoms with van der Waals surface area (Å²) in [6.07, 6.45) is 0. The third-order valence-corrected chi connectivity index (χ3v) is 1.49. The summed E-state index contributed by atoms with van der Waals surface area (Å²) in [5.41, 5.74) is -0.860. The van der Waals surface area contributed by atoms with Crippen LogP contribution < -0.4 is 5.11 Å². The van der Waals surface area contributed by atoms with Crippen molar-refractivity contribution in [2.45, 2.75) is 0 Å². The molecule has 0 atom stereocenters. The van der Waals surface area contributed by atoms with Gasteiger partial charge in [-0.05, 0) is 5.75 Å². The van der Waals surface area contributed by atoms with Crippen molar-refractivity contribution in [3.8, 4) is 5.75 Å². The first kappa shape index (κ1) is 10.0. The predicted octanol–water partition coefficient (Wildman–Crippen LogP) is -0.944. The Hall–Kier alpha value is -2.05. The van der Waals surface area contributed by atoms with Gasteiger partial charge in [-0.1, -0.05) is 0 Å². The van der Waals surface area contributed by atoms with Crippen LogP contribution in [0.3, 0.4) is 0 Å². The van der Waals surface area contributed by atoms with E-state index in [-0.39, 0.29) is 0 Å². The van der Waals surface area contributed by atoms with E-state index < -0.39 is 29.1 Å². The second-order valence-electron chi connectivity index (χ2n) is 2.26. The molecule has 0 aromatic carbocycles. The molecule has 7 heteroatoms. The lowest BCUT2D eigenvalue weighted by Gasteiger charge is -2.05. The van der Waals surface area contributed by atoms with Crippen molar-refractivity contribution in [2.75, 3.05) is 14.2 Å². The van der Waals surface area contributed by atoms with E-state index >= 15 is 0 Å². The van der Waals surface area contributed by atoms with Gasteiger partial charge in [-0.2, -0.15) is 5.10 Å². The van der Waals surface area contributed by atoms with Crippen molar-refractivity contribution < 1.29 is 24.2 Å². The van der Waals surface area contributed by atoms with Gasteiger partial charge in [-0.15, -0.1) is 0 Å². The summed E-state index contributed by atoms with van der Waals surface area (Å²) in [5, 5.41) is 16.7. The fourth-order valence-electron chi connectivity index (χ4n) is 0.807. The molecule has 0 unspecified atom stereocenters. The highest BCUT2D eigenvalue weighted by Crippen LogP contribution is 2.17. The fourth-order valence-corrected chi connectivity index (χ4v) is 0.807. The SMILES string of the molecule is COC(=O)c1n[nH]c(C(=O)OC)c1[O-]. The summed E-state index contributed by atoms with van der Waals surface area (Å²) < 4.78 is 8.55. The van der Waals surface area contributed by atoms with E-state index in [2.05, 4.69) is 19.7 Å². The van der Waals surface area contributed by atoms with E-state index in [4.69, 9.17) is 0 Å². The van der Waals surface area contributed by atoms with Crippen molar-refractivity contribution in [2.24, 2.45) is 0 Å². The van der Waals surface area contributed by atoms with Crippen LogP contribution in [0, 0.1) is 0 Å². The quantitative estimate of drug-likeness (QED) is 0.616. The molecule has 1 aromatic heterocycles. The molecule has 0 spiro atoms. The van der Waals surface area contributed by atoms with Gasteiger partial charge in [-0.3, -0.25) is 5.10 Å². The maximum Gasteiger partial charge on any atom is 0.357 e. The lowest BCUT2D eigenvalue weighted by molar-refractivity contribution is -0.269. The van der Waals surface area contributed by atoms with Crippen LogP contribution in [-0.2, 0) is 9.47 Å². The van der Waals surface area contributed by atoms with Crippen molar-refractivity contribution in [1.29, 1.82) is 0 Å². The van der Waals surface area contributed by atoms with Crippen LogP contribution in [-0.4, -0.2) is 36.4 Å². The molecular weight excluding hydrogens is 192 g/mol. The van der Waals surface area contributed by atoms with Crippen molar-refractivity contribution in [1.82, 2.24) is 10.2 Å². The molecule has 1 rings (SSSR count). The fraction of sp³-hybridized carbons (Fsp3) is 0.286. The normalized spacial score (nSPS) is 9.57. The molecule has 76 valence electrons. The Bertz CT molecular complexity index is 337. The third-order valence-electron chi connectivity index (χ3n) is 1.49. The number of nitrogens with one attached hydrogen (secondary N) is 1. The van der Waals surface area contributed by atoms with E-state index in [1.54, 1.807) is 0 Å². The monoisotopic (exact) mass is 199 g/mol. The number of hydrogen-bond donors (Lipinski definition) is 1. The number of carbonyl (C=O) groups excluding carboxylic acids is 2. The van der Waals surface area contributed by atoms with Gasteiger partial charge in [0.1, 0.15) is 5.69 Å². The van der Waals surface area contributed by atoms with Gasteiger partial charge in [0.2, 0.25) is 0 Å². The first-order valence-electron chi connectivity index (χ1n) is 3.53. The van der Waals surface area contributed by atoms with E-state index in [0.717, 1.165) is 14.2 Å². The number of nitrogens with zero attached hydrogens (tertiary/aromatic N) is 1. The van der Waals surface area contributed by atoms with Crippen LogP contribution in [0.2, 0.25) is 0 Å². The highest BCUT2D eigenvalue weighted by molar-refractivity contribution is 5.97. The number of ether oxygens (including phenoxy) is 2. The van der Waals surface area contributed by atoms with E-state index in [1.165, 1.54) is 0 Å². The molecule has 1 N–H and O–H groups in total. The molecule has 0 bridgehead atoms. The second kappa shape index (κ2) is 3.77. The number of hydrogen-bond acceptors (Lipinski definition) is 6. The Morgan fingerprint density at radius 2 is 1.86 bits per heavy atom. The average Bonchev–Trinajstić information content (AvgIpc) is 2.58. The van der Waals surface area contributed by atoms with Crippen molar-refractivity contribution in [3.63, 3.8) is 0 Å². The Kier molecular flexibility index (Phi) is 2.70. The Morgan fingerprint density at radius 1 is 1.29 bits per heavy atom. The lowest BCUT2D eigenvalue weighted by Crippen LogP contribution is -2.09. The minimum atomic E-state index is -0.901. The first-order chi connectivity index (χ1) is 6.61. The third kappa shape index (κ3) is 1.51. The Balaban J connectivity index is 3.08. The number of carbonyl (C=O) groups is 2. The minimum Gasteiger partial charge on any atom is -0.869 e. The van der Waals surface area contributed by atoms with Gasteiger partial charge in [0.15, 0.2) is 5.69 Å². The number of aromatic nitrogens is 2. The molecule has 0 aliphatic rings. The Labute approximate surface area is 78.6 Å². The first-order valence-corrected chi connectivity index (χ1v) is 3.53. The standard InChI is InChI=1S/C7H8N2O5/c1-13-6(11)3-5(10)4(9-8-3)7(12)14-2/h10H,1-2H3,(H,8,9)/p-1. The number of rotatable bonds is 2. The van der Waals surface area contributed by atoms with E-state index in [1.807, 2.05) is 0 Å². The summed E-state index contributed by atoms with van der Waals surface area (Å²) >= 11 is 0. The number of H-pyrrole nitrogens is 1. The van der Waals surface area contributed by atoms with Crippen molar-refractivity contribution in [3.05, 3.63) is 11.4 Å². The minimum absolute atomic E-state index is 0.395. The number of esters is 2. The van der Waals surface area contributed by atoms with Crippen LogP contribution in [0.5, 0.6) is 5.75 Å². The molecule has 0 saturated heterocycles. The van der Waals surface area contributed by atoms with Crippen LogP contribution in [0.1, 0.15) is 21.0 Å². The highest BCUT2D eigenvalue weighted by Gasteiger charge is 2.17. The summed E-state index contributed by atoms with van der Waals surface area (Å²) in [6, 6.07) is 0. The smallest absolute Gasteiger partial charge is 0.357 e. The van der Waals surface area contributed by atoms with E-state index in [9.17, 15) is 14.7 Å². The zero-order valence-corrected chi connectivity index (χ0v) is 7.49. The summed E-state index contributed by atoms with van der Waals surface area (Å²) in [7, 11) is 2.22. The lowest BCUT2D eigenvalue weighted by atomic mass is 10.3. The molecule has 0 saturated carbocycles. The van der Waals surface area contributed by atoms with Crippen LogP contribution in [0.15, 0.2) is 0 Å². The second-order valence-corrected chi connectivity index (χ2v) is 2.26. The van der Waals surface area contributed by atoms with Gasteiger partial charge in [0, 0.05) is 0 Å². The van der Waals surface area contributed by atoms with Gasteiger partial charge >= 0.3 is 11.9 Å². The van der Waals surface area contributed by atoms with Gasteiger partial charge in [0.25, 0.3) is 0 Å². The van der Waals surface area contributed by atoms with Crippen molar-refractivity contribution >= 4 is 11.9 Å². The molecule has 0 aliphatic carbocycles. The molecule has 7 nitrogen and oxygen atoms in total. The zero-order chi connectivity index (χ0) is 10.7. The maximum absolute atomic E-state index is 11.3. The van der Waals surface area contributed by atoms with E-state index in [0.29, 0.717) is 0 Å². The summed E-state index contributed by atoms with van der Waals surface area (Å²) in [6.45, 7) is 0. The van der Waals surface area contributed by atoms with Crippen LogP contribution in [0.25, 0.3) is 0 Å². The molecular formula is C7H7N2O5-. The maximum atomic E-state index is 11.3. The van der Waals surface area contributed by atoms with Crippen LogP contribution in [0.4, 0.5) is 0 Å². The topological polar surface area (TPSA) is 104 Å².